The summed E-state index contributed by atoms with van der Waals surface area (Å²) in [5.41, 5.74) is 4.52. The molecule has 2 atom stereocenters. The molecule has 4 rings (SSSR count). The largest absolute Gasteiger partial charge is 0.396 e. The summed E-state index contributed by atoms with van der Waals surface area (Å²) in [4.78, 5) is 16.1. The van der Waals surface area contributed by atoms with E-state index in [4.69, 9.17) is 5.11 Å². The molecule has 2 aromatic carbocycles. The zero-order valence-electron chi connectivity index (χ0n) is 16.9. The second kappa shape index (κ2) is 8.24. The van der Waals surface area contributed by atoms with Crippen molar-refractivity contribution in [2.75, 3.05) is 18.1 Å². The number of aromatic nitrogens is 1. The molecular formula is C23H26N2O4S. The number of amides is 1. The molecule has 0 saturated heterocycles. The van der Waals surface area contributed by atoms with Gasteiger partial charge in [0.25, 0.3) is 5.91 Å². The molecule has 0 unspecified atom stereocenters. The van der Waals surface area contributed by atoms with Crippen molar-refractivity contribution in [1.29, 1.82) is 0 Å². The fourth-order valence-corrected chi connectivity index (χ4v) is 5.99. The van der Waals surface area contributed by atoms with Gasteiger partial charge >= 0.3 is 0 Å². The summed E-state index contributed by atoms with van der Waals surface area (Å²) in [6.45, 7) is 1.85. The minimum atomic E-state index is -3.35. The minimum Gasteiger partial charge on any atom is -0.396 e. The number of aryl methyl sites for hydroxylation is 1. The first-order valence-electron chi connectivity index (χ1n) is 10.2. The topological polar surface area (TPSA) is 99.3 Å². The molecule has 0 fully saturated rings. The van der Waals surface area contributed by atoms with Crippen LogP contribution in [0.4, 0.5) is 0 Å². The Morgan fingerprint density at radius 2 is 2.00 bits per heavy atom. The molecule has 6 nitrogen and oxygen atoms in total. The molecule has 158 valence electrons. The van der Waals surface area contributed by atoms with Crippen LogP contribution in [0.15, 0.2) is 48.5 Å². The first-order chi connectivity index (χ1) is 14.4. The van der Waals surface area contributed by atoms with Gasteiger partial charge < -0.3 is 15.4 Å². The zero-order valence-corrected chi connectivity index (χ0v) is 17.7. The predicted molar refractivity (Wildman–Crippen MR) is 118 cm³/mol. The number of benzene rings is 2. The van der Waals surface area contributed by atoms with Crippen LogP contribution in [0.25, 0.3) is 10.9 Å². The van der Waals surface area contributed by atoms with Crippen LogP contribution in [-0.2, 0) is 16.3 Å². The summed E-state index contributed by atoms with van der Waals surface area (Å²) in [6, 6.07) is 15.2. The lowest BCUT2D eigenvalue weighted by Gasteiger charge is -2.21. The van der Waals surface area contributed by atoms with Crippen LogP contribution in [0.3, 0.4) is 0 Å². The highest BCUT2D eigenvalue weighted by Crippen LogP contribution is 2.35. The monoisotopic (exact) mass is 426 g/mol. The standard InChI is InChI=1S/C23H26N2O4S/c1-15-7-8-20-17(11-15)13-22(24-20)23(27)25-21-12-16-5-2-3-6-18(16)19(21)14-30(28,29)10-4-9-26/h2-3,5-8,11,13,19,21,24,26H,4,9-10,12,14H2,1H3,(H,25,27)/t19-,21-/m1/s1. The third-order valence-electron chi connectivity index (χ3n) is 5.76. The molecule has 1 aromatic heterocycles. The lowest BCUT2D eigenvalue weighted by atomic mass is 10.0. The zero-order chi connectivity index (χ0) is 21.3. The van der Waals surface area contributed by atoms with Gasteiger partial charge in [0.05, 0.1) is 11.5 Å². The number of hydrogen-bond acceptors (Lipinski definition) is 4. The van der Waals surface area contributed by atoms with Crippen LogP contribution in [0.5, 0.6) is 0 Å². The van der Waals surface area contributed by atoms with Gasteiger partial charge in [0.2, 0.25) is 0 Å². The Kier molecular flexibility index (Phi) is 5.66. The Hall–Kier alpha value is -2.64. The number of aromatic amines is 1. The average Bonchev–Trinajstić information content (AvgIpc) is 3.27. The smallest absolute Gasteiger partial charge is 0.267 e. The van der Waals surface area contributed by atoms with Crippen molar-refractivity contribution in [2.45, 2.75) is 31.7 Å². The van der Waals surface area contributed by atoms with E-state index < -0.39 is 9.84 Å². The highest BCUT2D eigenvalue weighted by atomic mass is 32.2. The van der Waals surface area contributed by atoms with Gasteiger partial charge in [0.15, 0.2) is 9.84 Å². The molecule has 0 saturated carbocycles. The van der Waals surface area contributed by atoms with Crippen LogP contribution in [0.2, 0.25) is 0 Å². The Bertz CT molecular complexity index is 1180. The maximum atomic E-state index is 13.0. The maximum Gasteiger partial charge on any atom is 0.267 e. The third kappa shape index (κ3) is 4.27. The fraction of sp³-hybridized carbons (Fsp3) is 0.348. The number of aliphatic hydroxyl groups excluding tert-OH is 1. The van der Waals surface area contributed by atoms with Gasteiger partial charge in [-0.05, 0) is 49.1 Å². The van der Waals surface area contributed by atoms with Crippen molar-refractivity contribution < 1.29 is 18.3 Å². The summed E-state index contributed by atoms with van der Waals surface area (Å²) < 4.78 is 25.2. The van der Waals surface area contributed by atoms with E-state index in [1.165, 1.54) is 0 Å². The maximum absolute atomic E-state index is 13.0. The molecule has 3 N–H and O–H groups in total. The highest BCUT2D eigenvalue weighted by molar-refractivity contribution is 7.91. The number of rotatable bonds is 7. The molecular weight excluding hydrogens is 400 g/mol. The number of carbonyl (C=O) groups excluding carboxylic acids is 1. The molecule has 3 aromatic rings. The van der Waals surface area contributed by atoms with Crippen molar-refractivity contribution in [3.63, 3.8) is 0 Å². The molecule has 1 amide bonds. The summed E-state index contributed by atoms with van der Waals surface area (Å²) >= 11 is 0. The van der Waals surface area contributed by atoms with Gasteiger partial charge in [0, 0.05) is 29.5 Å². The molecule has 1 aliphatic rings. The van der Waals surface area contributed by atoms with E-state index in [2.05, 4.69) is 10.3 Å². The quantitative estimate of drug-likeness (QED) is 0.541. The highest BCUT2D eigenvalue weighted by Gasteiger charge is 2.36. The van der Waals surface area contributed by atoms with Crippen molar-refractivity contribution in [3.8, 4) is 0 Å². The summed E-state index contributed by atoms with van der Waals surface area (Å²) in [5, 5.41) is 13.0. The number of aliphatic hydroxyl groups is 1. The minimum absolute atomic E-state index is 0.0408. The van der Waals surface area contributed by atoms with Crippen molar-refractivity contribution >= 4 is 26.6 Å². The Morgan fingerprint density at radius 3 is 2.80 bits per heavy atom. The number of nitrogens with one attached hydrogen (secondary N) is 2. The van der Waals surface area contributed by atoms with Crippen molar-refractivity contribution in [2.24, 2.45) is 0 Å². The fourth-order valence-electron chi connectivity index (χ4n) is 4.30. The SMILES string of the molecule is Cc1ccc2[nH]c(C(=O)N[C@@H]3Cc4ccccc4[C@H]3CS(=O)(=O)CCCO)cc2c1. The van der Waals surface area contributed by atoms with Gasteiger partial charge in [0.1, 0.15) is 5.69 Å². The summed E-state index contributed by atoms with van der Waals surface area (Å²) in [5.74, 6) is -0.634. The lowest BCUT2D eigenvalue weighted by Crippen LogP contribution is -2.40. The van der Waals surface area contributed by atoms with E-state index in [-0.39, 0.29) is 42.4 Å². The van der Waals surface area contributed by atoms with Crippen molar-refractivity contribution in [3.05, 3.63) is 70.9 Å². The van der Waals surface area contributed by atoms with Gasteiger partial charge in [-0.3, -0.25) is 4.79 Å². The molecule has 1 aliphatic carbocycles. The van der Waals surface area contributed by atoms with Crippen LogP contribution in [0.1, 0.15) is 39.5 Å². The van der Waals surface area contributed by atoms with Gasteiger partial charge in [-0.2, -0.15) is 0 Å². The van der Waals surface area contributed by atoms with E-state index in [9.17, 15) is 13.2 Å². The van der Waals surface area contributed by atoms with E-state index in [0.717, 1.165) is 27.6 Å². The van der Waals surface area contributed by atoms with Gasteiger partial charge in [-0.15, -0.1) is 0 Å². The van der Waals surface area contributed by atoms with E-state index in [1.54, 1.807) is 0 Å². The molecule has 30 heavy (non-hydrogen) atoms. The van der Waals surface area contributed by atoms with Crippen LogP contribution < -0.4 is 5.32 Å². The predicted octanol–water partition coefficient (Wildman–Crippen LogP) is 2.71. The Morgan fingerprint density at radius 1 is 1.20 bits per heavy atom. The molecule has 0 spiro atoms. The van der Waals surface area contributed by atoms with Crippen LogP contribution in [0, 0.1) is 6.92 Å². The number of sulfone groups is 1. The number of hydrogen-bond donors (Lipinski definition) is 3. The number of H-pyrrole nitrogens is 1. The second-order valence-electron chi connectivity index (χ2n) is 8.05. The molecule has 0 radical (unpaired) electrons. The first kappa shape index (κ1) is 20.6. The molecule has 1 heterocycles. The van der Waals surface area contributed by atoms with E-state index >= 15 is 0 Å². The summed E-state index contributed by atoms with van der Waals surface area (Å²) in [7, 11) is -3.35. The normalized spacial score (nSPS) is 18.5. The number of carbonyl (C=O) groups is 1. The second-order valence-corrected chi connectivity index (χ2v) is 10.3. The van der Waals surface area contributed by atoms with Gasteiger partial charge in [-0.1, -0.05) is 35.9 Å². The van der Waals surface area contributed by atoms with E-state index in [0.29, 0.717) is 12.1 Å². The lowest BCUT2D eigenvalue weighted by molar-refractivity contribution is 0.0930. The van der Waals surface area contributed by atoms with Crippen LogP contribution >= 0.6 is 0 Å². The third-order valence-corrected chi connectivity index (χ3v) is 7.54. The number of fused-ring (bicyclic) bond motifs is 2. The average molecular weight is 427 g/mol. The Balaban J connectivity index is 1.57. The Labute approximate surface area is 176 Å². The van der Waals surface area contributed by atoms with E-state index in [1.807, 2.05) is 55.5 Å². The van der Waals surface area contributed by atoms with Gasteiger partial charge in [-0.25, -0.2) is 8.42 Å². The van der Waals surface area contributed by atoms with Crippen LogP contribution in [-0.4, -0.2) is 48.6 Å². The molecule has 0 aliphatic heterocycles. The molecule has 7 heteroatoms. The van der Waals surface area contributed by atoms with Crippen molar-refractivity contribution in [1.82, 2.24) is 10.3 Å². The summed E-state index contributed by atoms with van der Waals surface area (Å²) in [6.07, 6.45) is 0.823. The first-order valence-corrected chi connectivity index (χ1v) is 12.0. The molecule has 0 bridgehead atoms.